The highest BCUT2D eigenvalue weighted by Gasteiger charge is 2.16. The standard InChI is InChI=1S/C11H13F2NO2/c12-11(13)16-9-3-1-2-8(6-9)10-7-14-4-5-15-10/h1-3,6,10-11,14H,4-5,7H2/t10-/m1/s1. The number of hydrogen-bond acceptors (Lipinski definition) is 3. The summed E-state index contributed by atoms with van der Waals surface area (Å²) in [6.07, 6.45) is -0.0880. The van der Waals surface area contributed by atoms with Gasteiger partial charge in [-0.1, -0.05) is 12.1 Å². The molecule has 1 atom stereocenters. The van der Waals surface area contributed by atoms with Gasteiger partial charge in [-0.2, -0.15) is 8.78 Å². The smallest absolute Gasteiger partial charge is 0.387 e. The molecule has 0 aromatic heterocycles. The summed E-state index contributed by atoms with van der Waals surface area (Å²) in [6, 6.07) is 6.62. The molecule has 0 amide bonds. The maximum atomic E-state index is 12.0. The summed E-state index contributed by atoms with van der Waals surface area (Å²) in [6.45, 7) is -0.646. The minimum absolute atomic E-state index is 0.0880. The first-order valence-electron chi connectivity index (χ1n) is 5.13. The quantitative estimate of drug-likeness (QED) is 0.859. The van der Waals surface area contributed by atoms with Gasteiger partial charge in [0.25, 0.3) is 0 Å². The molecular formula is C11H13F2NO2. The minimum atomic E-state index is -2.79. The third kappa shape index (κ3) is 2.90. The Labute approximate surface area is 92.4 Å². The zero-order chi connectivity index (χ0) is 11.4. The van der Waals surface area contributed by atoms with E-state index in [1.54, 1.807) is 12.1 Å². The van der Waals surface area contributed by atoms with Crippen LogP contribution in [0.5, 0.6) is 5.75 Å². The molecule has 1 aliphatic heterocycles. The van der Waals surface area contributed by atoms with Crippen LogP contribution in [0, 0.1) is 0 Å². The van der Waals surface area contributed by atoms with Gasteiger partial charge in [-0.3, -0.25) is 0 Å². The maximum Gasteiger partial charge on any atom is 0.387 e. The van der Waals surface area contributed by atoms with Gasteiger partial charge in [-0.25, -0.2) is 0 Å². The second-order valence-electron chi connectivity index (χ2n) is 3.51. The summed E-state index contributed by atoms with van der Waals surface area (Å²) in [5.74, 6) is 0.168. The molecule has 16 heavy (non-hydrogen) atoms. The lowest BCUT2D eigenvalue weighted by atomic mass is 10.1. The lowest BCUT2D eigenvalue weighted by molar-refractivity contribution is -0.0501. The second kappa shape index (κ2) is 5.23. The molecule has 1 saturated heterocycles. The van der Waals surface area contributed by atoms with E-state index in [-0.39, 0.29) is 11.9 Å². The van der Waals surface area contributed by atoms with Gasteiger partial charge in [0.15, 0.2) is 0 Å². The van der Waals surface area contributed by atoms with Crippen LogP contribution in [-0.2, 0) is 4.74 Å². The van der Waals surface area contributed by atoms with Crippen molar-refractivity contribution in [2.45, 2.75) is 12.7 Å². The van der Waals surface area contributed by atoms with Gasteiger partial charge in [0.2, 0.25) is 0 Å². The Kier molecular flexibility index (Phi) is 3.69. The third-order valence-electron chi connectivity index (χ3n) is 2.38. The van der Waals surface area contributed by atoms with Gasteiger partial charge < -0.3 is 14.8 Å². The Hall–Kier alpha value is -1.20. The molecule has 0 unspecified atom stereocenters. The Morgan fingerprint density at radius 1 is 1.44 bits per heavy atom. The van der Waals surface area contributed by atoms with Crippen molar-refractivity contribution >= 4 is 0 Å². The SMILES string of the molecule is FC(F)Oc1cccc([C@H]2CNCCO2)c1. The lowest BCUT2D eigenvalue weighted by Crippen LogP contribution is -2.33. The van der Waals surface area contributed by atoms with Crippen molar-refractivity contribution in [3.63, 3.8) is 0 Å². The molecular weight excluding hydrogens is 216 g/mol. The monoisotopic (exact) mass is 229 g/mol. The van der Waals surface area contributed by atoms with Gasteiger partial charge >= 0.3 is 6.61 Å². The molecule has 1 N–H and O–H groups in total. The van der Waals surface area contributed by atoms with Crippen molar-refractivity contribution in [1.29, 1.82) is 0 Å². The summed E-state index contributed by atoms with van der Waals surface area (Å²) in [7, 11) is 0. The highest BCUT2D eigenvalue weighted by Crippen LogP contribution is 2.23. The van der Waals surface area contributed by atoms with E-state index < -0.39 is 6.61 Å². The molecule has 0 aliphatic carbocycles. The summed E-state index contributed by atoms with van der Waals surface area (Å²) >= 11 is 0. The molecule has 5 heteroatoms. The Morgan fingerprint density at radius 3 is 3.00 bits per heavy atom. The number of halogens is 2. The van der Waals surface area contributed by atoms with E-state index in [4.69, 9.17) is 4.74 Å². The molecule has 2 rings (SSSR count). The first-order valence-corrected chi connectivity index (χ1v) is 5.13. The van der Waals surface area contributed by atoms with Crippen molar-refractivity contribution in [2.24, 2.45) is 0 Å². The van der Waals surface area contributed by atoms with E-state index in [1.165, 1.54) is 6.07 Å². The number of morpholine rings is 1. The predicted molar refractivity (Wildman–Crippen MR) is 54.6 cm³/mol. The van der Waals surface area contributed by atoms with Crippen LogP contribution in [0.25, 0.3) is 0 Å². The van der Waals surface area contributed by atoms with Crippen molar-refractivity contribution in [1.82, 2.24) is 5.32 Å². The Bertz CT molecular complexity index is 341. The van der Waals surface area contributed by atoms with Crippen LogP contribution in [0.15, 0.2) is 24.3 Å². The highest BCUT2D eigenvalue weighted by molar-refractivity contribution is 5.30. The number of benzene rings is 1. The van der Waals surface area contributed by atoms with Crippen molar-refractivity contribution < 1.29 is 18.3 Å². The van der Waals surface area contributed by atoms with Crippen LogP contribution >= 0.6 is 0 Å². The number of hydrogen-bond donors (Lipinski definition) is 1. The van der Waals surface area contributed by atoms with Crippen molar-refractivity contribution in [3.05, 3.63) is 29.8 Å². The molecule has 1 heterocycles. The van der Waals surface area contributed by atoms with E-state index in [1.807, 2.05) is 6.07 Å². The molecule has 1 fully saturated rings. The number of ether oxygens (including phenoxy) is 2. The summed E-state index contributed by atoms with van der Waals surface area (Å²) in [5.41, 5.74) is 0.852. The highest BCUT2D eigenvalue weighted by atomic mass is 19.3. The van der Waals surface area contributed by atoms with Crippen LogP contribution in [0.2, 0.25) is 0 Å². The van der Waals surface area contributed by atoms with Crippen LogP contribution in [0.1, 0.15) is 11.7 Å². The summed E-state index contributed by atoms with van der Waals surface area (Å²) in [5, 5.41) is 3.18. The number of nitrogens with one attached hydrogen (secondary N) is 1. The molecule has 1 aromatic rings. The summed E-state index contributed by atoms with van der Waals surface area (Å²) < 4.78 is 33.9. The fraction of sp³-hybridized carbons (Fsp3) is 0.455. The average Bonchev–Trinajstić information content (AvgIpc) is 2.30. The van der Waals surface area contributed by atoms with E-state index in [0.29, 0.717) is 13.2 Å². The fourth-order valence-electron chi connectivity index (χ4n) is 1.67. The summed E-state index contributed by atoms with van der Waals surface area (Å²) in [4.78, 5) is 0. The number of alkyl halides is 2. The fourth-order valence-corrected chi connectivity index (χ4v) is 1.67. The zero-order valence-electron chi connectivity index (χ0n) is 8.66. The van der Waals surface area contributed by atoms with Crippen LogP contribution in [0.4, 0.5) is 8.78 Å². The van der Waals surface area contributed by atoms with Crippen LogP contribution in [0.3, 0.4) is 0 Å². The minimum Gasteiger partial charge on any atom is -0.435 e. The predicted octanol–water partition coefficient (Wildman–Crippen LogP) is 1.95. The van der Waals surface area contributed by atoms with E-state index in [0.717, 1.165) is 12.1 Å². The van der Waals surface area contributed by atoms with Gasteiger partial charge in [0.1, 0.15) is 5.75 Å². The molecule has 0 spiro atoms. The van der Waals surface area contributed by atoms with Crippen molar-refractivity contribution in [2.75, 3.05) is 19.7 Å². The second-order valence-corrected chi connectivity index (χ2v) is 3.51. The van der Waals surface area contributed by atoms with E-state index >= 15 is 0 Å². The normalized spacial score (nSPS) is 21.1. The molecule has 3 nitrogen and oxygen atoms in total. The third-order valence-corrected chi connectivity index (χ3v) is 2.38. The molecule has 0 bridgehead atoms. The van der Waals surface area contributed by atoms with E-state index in [9.17, 15) is 8.78 Å². The molecule has 1 aliphatic rings. The first kappa shape index (κ1) is 11.3. The zero-order valence-corrected chi connectivity index (χ0v) is 8.66. The van der Waals surface area contributed by atoms with Crippen molar-refractivity contribution in [3.8, 4) is 5.75 Å². The van der Waals surface area contributed by atoms with E-state index in [2.05, 4.69) is 10.1 Å². The topological polar surface area (TPSA) is 30.5 Å². The lowest BCUT2D eigenvalue weighted by Gasteiger charge is -2.24. The number of rotatable bonds is 3. The van der Waals surface area contributed by atoms with Gasteiger partial charge in [0, 0.05) is 13.1 Å². The molecule has 88 valence electrons. The van der Waals surface area contributed by atoms with Gasteiger partial charge in [-0.05, 0) is 17.7 Å². The largest absolute Gasteiger partial charge is 0.435 e. The Balaban J connectivity index is 2.08. The molecule has 0 radical (unpaired) electrons. The van der Waals surface area contributed by atoms with Crippen LogP contribution < -0.4 is 10.1 Å². The average molecular weight is 229 g/mol. The molecule has 0 saturated carbocycles. The van der Waals surface area contributed by atoms with Crippen LogP contribution in [-0.4, -0.2) is 26.3 Å². The Morgan fingerprint density at radius 2 is 2.31 bits per heavy atom. The first-order chi connectivity index (χ1) is 7.75. The van der Waals surface area contributed by atoms with Gasteiger partial charge in [-0.15, -0.1) is 0 Å². The maximum absolute atomic E-state index is 12.0. The molecule has 1 aromatic carbocycles. The van der Waals surface area contributed by atoms with Gasteiger partial charge in [0.05, 0.1) is 12.7 Å².